The molecule has 0 aliphatic rings. The van der Waals surface area contributed by atoms with Crippen LogP contribution in [0.1, 0.15) is 6.92 Å². The summed E-state index contributed by atoms with van der Waals surface area (Å²) in [6, 6.07) is 0. The van der Waals surface area contributed by atoms with Gasteiger partial charge in [-0.3, -0.25) is 4.79 Å². The van der Waals surface area contributed by atoms with Gasteiger partial charge in [-0.05, 0) is 0 Å². The lowest BCUT2D eigenvalue weighted by Crippen LogP contribution is -2.17. The van der Waals surface area contributed by atoms with Crippen molar-refractivity contribution < 1.29 is 9.53 Å². The third-order valence-electron chi connectivity index (χ3n) is 0.418. The highest BCUT2D eigenvalue weighted by molar-refractivity contribution is 7.80. The largest absolute Gasteiger partial charge is 0.459 e. The summed E-state index contributed by atoms with van der Waals surface area (Å²) in [5.74, 6) is -0.363. The fraction of sp³-hybridized carbons (Fsp3) is 0.500. The topological polar surface area (TPSA) is 52.3 Å². The molecule has 0 saturated carbocycles. The van der Waals surface area contributed by atoms with Crippen molar-refractivity contribution in [1.82, 2.24) is 0 Å². The zero-order chi connectivity index (χ0) is 6.57. The highest BCUT2D eigenvalue weighted by Gasteiger charge is 1.91. The first-order valence-corrected chi connectivity index (χ1v) is 2.45. The second-order valence-electron chi connectivity index (χ2n) is 1.25. The second-order valence-corrected chi connectivity index (χ2v) is 1.77. The van der Waals surface area contributed by atoms with Gasteiger partial charge in [-0.25, -0.2) is 0 Å². The zero-order valence-electron chi connectivity index (χ0n) is 4.51. The summed E-state index contributed by atoms with van der Waals surface area (Å²) in [5.41, 5.74) is 4.99. The number of carbonyl (C=O) groups excluding carboxylic acids is 1. The van der Waals surface area contributed by atoms with Crippen LogP contribution >= 0.6 is 12.2 Å². The Morgan fingerprint density at radius 1 is 1.88 bits per heavy atom. The fourth-order valence-corrected chi connectivity index (χ4v) is 0.232. The van der Waals surface area contributed by atoms with E-state index >= 15 is 0 Å². The Bertz CT molecular complexity index is 98.6. The SMILES string of the molecule is CC(=O)OCC(N)=S. The van der Waals surface area contributed by atoms with E-state index in [2.05, 4.69) is 17.0 Å². The van der Waals surface area contributed by atoms with E-state index in [4.69, 9.17) is 5.73 Å². The van der Waals surface area contributed by atoms with E-state index in [0.29, 0.717) is 0 Å². The van der Waals surface area contributed by atoms with Gasteiger partial charge in [-0.2, -0.15) is 0 Å². The number of carbonyl (C=O) groups is 1. The van der Waals surface area contributed by atoms with Crippen molar-refractivity contribution in [2.45, 2.75) is 6.92 Å². The third-order valence-corrected chi connectivity index (χ3v) is 0.536. The van der Waals surface area contributed by atoms with Crippen LogP contribution in [0.2, 0.25) is 0 Å². The molecule has 0 aromatic heterocycles. The van der Waals surface area contributed by atoms with Crippen LogP contribution in [-0.4, -0.2) is 17.6 Å². The monoisotopic (exact) mass is 133 g/mol. The minimum atomic E-state index is -0.363. The van der Waals surface area contributed by atoms with Gasteiger partial charge in [0.25, 0.3) is 0 Å². The fourth-order valence-electron chi connectivity index (χ4n) is 0.173. The number of hydrogen-bond donors (Lipinski definition) is 1. The predicted molar refractivity (Wildman–Crippen MR) is 33.4 cm³/mol. The van der Waals surface area contributed by atoms with E-state index in [9.17, 15) is 4.79 Å². The summed E-state index contributed by atoms with van der Waals surface area (Å²) in [6.07, 6.45) is 0. The van der Waals surface area contributed by atoms with Gasteiger partial charge in [0.15, 0.2) is 0 Å². The van der Waals surface area contributed by atoms with Crippen molar-refractivity contribution in [3.8, 4) is 0 Å². The second kappa shape index (κ2) is 3.37. The van der Waals surface area contributed by atoms with Gasteiger partial charge >= 0.3 is 5.97 Å². The third kappa shape index (κ3) is 5.36. The van der Waals surface area contributed by atoms with Crippen molar-refractivity contribution in [1.29, 1.82) is 0 Å². The molecule has 4 heteroatoms. The number of esters is 1. The maximum absolute atomic E-state index is 10.0. The molecule has 0 aliphatic carbocycles. The van der Waals surface area contributed by atoms with Crippen molar-refractivity contribution in [2.24, 2.45) is 5.73 Å². The van der Waals surface area contributed by atoms with Crippen molar-refractivity contribution in [2.75, 3.05) is 6.61 Å². The zero-order valence-corrected chi connectivity index (χ0v) is 5.33. The molecule has 3 nitrogen and oxygen atoms in total. The number of ether oxygens (including phenoxy) is 1. The van der Waals surface area contributed by atoms with Crippen LogP contribution in [0.15, 0.2) is 0 Å². The lowest BCUT2D eigenvalue weighted by atomic mass is 10.7. The average molecular weight is 133 g/mol. The summed E-state index contributed by atoms with van der Waals surface area (Å²) in [5, 5.41) is 0. The predicted octanol–water partition coefficient (Wildman–Crippen LogP) is -0.164. The van der Waals surface area contributed by atoms with Crippen LogP contribution in [0.25, 0.3) is 0 Å². The van der Waals surface area contributed by atoms with Crippen LogP contribution in [0.4, 0.5) is 0 Å². The molecule has 0 atom stereocenters. The minimum absolute atomic E-state index is 0.0463. The van der Waals surface area contributed by atoms with E-state index in [-0.39, 0.29) is 17.6 Å². The van der Waals surface area contributed by atoms with Crippen LogP contribution in [0.3, 0.4) is 0 Å². The van der Waals surface area contributed by atoms with E-state index in [1.807, 2.05) is 0 Å². The van der Waals surface area contributed by atoms with Gasteiger partial charge in [0.2, 0.25) is 0 Å². The van der Waals surface area contributed by atoms with Crippen LogP contribution < -0.4 is 5.73 Å². The molecule has 2 N–H and O–H groups in total. The Balaban J connectivity index is 3.18. The molecule has 0 aliphatic heterocycles. The first-order chi connectivity index (χ1) is 3.63. The molecular weight excluding hydrogens is 126 g/mol. The van der Waals surface area contributed by atoms with Gasteiger partial charge in [0, 0.05) is 6.92 Å². The molecular formula is C4H7NO2S. The lowest BCUT2D eigenvalue weighted by Gasteiger charge is -1.95. The maximum Gasteiger partial charge on any atom is 0.303 e. The van der Waals surface area contributed by atoms with Crippen molar-refractivity contribution in [3.05, 3.63) is 0 Å². The van der Waals surface area contributed by atoms with Gasteiger partial charge in [0.1, 0.15) is 11.6 Å². The summed E-state index contributed by atoms with van der Waals surface area (Å²) in [7, 11) is 0. The first-order valence-electron chi connectivity index (χ1n) is 2.04. The highest BCUT2D eigenvalue weighted by atomic mass is 32.1. The average Bonchev–Trinajstić information content (AvgIpc) is 1.61. The summed E-state index contributed by atoms with van der Waals surface area (Å²) >= 11 is 4.41. The normalized spacial score (nSPS) is 8.12. The van der Waals surface area contributed by atoms with Crippen molar-refractivity contribution in [3.63, 3.8) is 0 Å². The molecule has 0 spiro atoms. The first kappa shape index (κ1) is 7.36. The van der Waals surface area contributed by atoms with Gasteiger partial charge < -0.3 is 10.5 Å². The van der Waals surface area contributed by atoms with Crippen LogP contribution in [-0.2, 0) is 9.53 Å². The maximum atomic E-state index is 10.0. The lowest BCUT2D eigenvalue weighted by molar-refractivity contribution is -0.139. The molecule has 0 unspecified atom stereocenters. The van der Waals surface area contributed by atoms with E-state index < -0.39 is 0 Å². The number of nitrogens with two attached hydrogens (primary N) is 1. The molecule has 0 fully saturated rings. The molecule has 8 heavy (non-hydrogen) atoms. The molecule has 0 amide bonds. The van der Waals surface area contributed by atoms with Crippen molar-refractivity contribution >= 4 is 23.2 Å². The molecule has 0 bridgehead atoms. The number of hydrogen-bond acceptors (Lipinski definition) is 3. The molecule has 0 heterocycles. The van der Waals surface area contributed by atoms with Gasteiger partial charge in [0.05, 0.1) is 0 Å². The van der Waals surface area contributed by atoms with Crippen LogP contribution in [0.5, 0.6) is 0 Å². The quantitative estimate of drug-likeness (QED) is 0.420. The Morgan fingerprint density at radius 3 is 2.50 bits per heavy atom. The van der Waals surface area contributed by atoms with E-state index in [0.717, 1.165) is 0 Å². The number of thiocarbonyl (C=S) groups is 1. The molecule has 0 rings (SSSR count). The summed E-state index contributed by atoms with van der Waals surface area (Å²) in [6.45, 7) is 1.35. The Morgan fingerprint density at radius 2 is 2.38 bits per heavy atom. The Labute approximate surface area is 52.8 Å². The Hall–Kier alpha value is -0.640. The van der Waals surface area contributed by atoms with E-state index in [1.54, 1.807) is 0 Å². The van der Waals surface area contributed by atoms with Crippen LogP contribution in [0, 0.1) is 0 Å². The molecule has 0 aromatic carbocycles. The molecule has 0 saturated heterocycles. The number of rotatable bonds is 2. The molecule has 0 aromatic rings. The molecule has 0 radical (unpaired) electrons. The summed E-state index contributed by atoms with van der Waals surface area (Å²) < 4.78 is 4.40. The van der Waals surface area contributed by atoms with E-state index in [1.165, 1.54) is 6.92 Å². The van der Waals surface area contributed by atoms with Gasteiger partial charge in [-0.1, -0.05) is 12.2 Å². The summed E-state index contributed by atoms with van der Waals surface area (Å²) in [4.78, 5) is 10.2. The molecule has 46 valence electrons. The Kier molecular flexibility index (Phi) is 3.10. The minimum Gasteiger partial charge on any atom is -0.459 e. The highest BCUT2D eigenvalue weighted by Crippen LogP contribution is 1.74. The smallest absolute Gasteiger partial charge is 0.303 e. The standard InChI is InChI=1S/C4H7NO2S/c1-3(6)7-2-4(5)8/h2H2,1H3,(H2,5,8). The van der Waals surface area contributed by atoms with Gasteiger partial charge in [-0.15, -0.1) is 0 Å².